The molecule has 1 aromatic carbocycles. The SMILES string of the molecule is CC(C)N(C)C(=O)c1cnn(-c2ccc(F)cc2)c1-n1cccc1. The van der Waals surface area contributed by atoms with Crippen molar-refractivity contribution in [3.05, 3.63) is 66.4 Å². The molecular weight excluding hydrogens is 307 g/mol. The Morgan fingerprint density at radius 3 is 2.38 bits per heavy atom. The first-order chi connectivity index (χ1) is 11.5. The van der Waals surface area contributed by atoms with Gasteiger partial charge in [0, 0.05) is 25.5 Å². The first-order valence-corrected chi connectivity index (χ1v) is 7.73. The van der Waals surface area contributed by atoms with E-state index in [4.69, 9.17) is 0 Å². The fraction of sp³-hybridized carbons (Fsp3) is 0.222. The summed E-state index contributed by atoms with van der Waals surface area (Å²) in [4.78, 5) is 14.5. The third-order valence-corrected chi connectivity index (χ3v) is 3.99. The average Bonchev–Trinajstić information content (AvgIpc) is 3.22. The van der Waals surface area contributed by atoms with E-state index in [2.05, 4.69) is 5.10 Å². The summed E-state index contributed by atoms with van der Waals surface area (Å²) >= 11 is 0. The number of hydrogen-bond acceptors (Lipinski definition) is 2. The van der Waals surface area contributed by atoms with Crippen LogP contribution in [0.2, 0.25) is 0 Å². The van der Waals surface area contributed by atoms with Crippen molar-refractivity contribution in [2.24, 2.45) is 0 Å². The maximum absolute atomic E-state index is 13.2. The number of halogens is 1. The molecule has 6 heteroatoms. The van der Waals surface area contributed by atoms with Crippen molar-refractivity contribution in [3.8, 4) is 11.5 Å². The van der Waals surface area contributed by atoms with Gasteiger partial charge in [-0.3, -0.25) is 4.79 Å². The maximum atomic E-state index is 13.2. The molecule has 0 saturated carbocycles. The van der Waals surface area contributed by atoms with Gasteiger partial charge < -0.3 is 9.47 Å². The molecule has 0 unspecified atom stereocenters. The lowest BCUT2D eigenvalue weighted by molar-refractivity contribution is 0.0755. The predicted octanol–water partition coefficient (Wildman–Crippen LogP) is 3.28. The molecule has 24 heavy (non-hydrogen) atoms. The van der Waals surface area contributed by atoms with Crippen LogP contribution in [0.25, 0.3) is 11.5 Å². The molecular formula is C18H19FN4O. The molecule has 0 aliphatic heterocycles. The van der Waals surface area contributed by atoms with E-state index in [1.807, 2.05) is 42.9 Å². The predicted molar refractivity (Wildman–Crippen MR) is 90.1 cm³/mol. The van der Waals surface area contributed by atoms with Crippen molar-refractivity contribution in [1.82, 2.24) is 19.2 Å². The summed E-state index contributed by atoms with van der Waals surface area (Å²) in [5, 5.41) is 4.36. The van der Waals surface area contributed by atoms with E-state index < -0.39 is 0 Å². The lowest BCUT2D eigenvalue weighted by atomic mass is 10.2. The zero-order valence-electron chi connectivity index (χ0n) is 13.8. The number of amides is 1. The summed E-state index contributed by atoms with van der Waals surface area (Å²) in [5.74, 6) is 0.204. The smallest absolute Gasteiger partial charge is 0.259 e. The molecule has 1 amide bonds. The Balaban J connectivity index is 2.15. The first kappa shape index (κ1) is 16.0. The number of aromatic nitrogens is 3. The average molecular weight is 326 g/mol. The number of nitrogens with zero attached hydrogens (tertiary/aromatic N) is 4. The molecule has 0 radical (unpaired) electrons. The normalized spacial score (nSPS) is 11.0. The highest BCUT2D eigenvalue weighted by Gasteiger charge is 2.23. The second-order valence-corrected chi connectivity index (χ2v) is 5.87. The van der Waals surface area contributed by atoms with E-state index in [1.165, 1.54) is 12.1 Å². The summed E-state index contributed by atoms with van der Waals surface area (Å²) in [6, 6.07) is 9.84. The number of benzene rings is 1. The molecule has 0 aliphatic rings. The van der Waals surface area contributed by atoms with Crippen molar-refractivity contribution >= 4 is 5.91 Å². The van der Waals surface area contributed by atoms with E-state index in [0.29, 0.717) is 17.1 Å². The van der Waals surface area contributed by atoms with Crippen LogP contribution in [0.15, 0.2) is 55.0 Å². The molecule has 124 valence electrons. The van der Waals surface area contributed by atoms with Crippen LogP contribution in [0, 0.1) is 5.82 Å². The van der Waals surface area contributed by atoms with Crippen LogP contribution in [-0.2, 0) is 0 Å². The molecule has 2 heterocycles. The minimum absolute atomic E-state index is 0.0733. The van der Waals surface area contributed by atoms with Crippen molar-refractivity contribution in [2.75, 3.05) is 7.05 Å². The van der Waals surface area contributed by atoms with Gasteiger partial charge in [-0.2, -0.15) is 5.10 Å². The monoisotopic (exact) mass is 326 g/mol. The van der Waals surface area contributed by atoms with E-state index >= 15 is 0 Å². The number of rotatable bonds is 4. The quantitative estimate of drug-likeness (QED) is 0.738. The molecule has 0 bridgehead atoms. The molecule has 5 nitrogen and oxygen atoms in total. The lowest BCUT2D eigenvalue weighted by Gasteiger charge is -2.21. The van der Waals surface area contributed by atoms with Crippen molar-refractivity contribution in [2.45, 2.75) is 19.9 Å². The largest absolute Gasteiger partial charge is 0.339 e. The number of hydrogen-bond donors (Lipinski definition) is 0. The van der Waals surface area contributed by atoms with Gasteiger partial charge in [-0.25, -0.2) is 9.07 Å². The van der Waals surface area contributed by atoms with E-state index in [9.17, 15) is 9.18 Å². The highest BCUT2D eigenvalue weighted by atomic mass is 19.1. The Hall–Kier alpha value is -2.89. The van der Waals surface area contributed by atoms with Gasteiger partial charge in [-0.15, -0.1) is 0 Å². The van der Waals surface area contributed by atoms with Gasteiger partial charge in [0.15, 0.2) is 5.82 Å². The Kier molecular flexibility index (Phi) is 4.20. The zero-order valence-corrected chi connectivity index (χ0v) is 13.8. The van der Waals surface area contributed by atoms with Gasteiger partial charge in [0.25, 0.3) is 5.91 Å². The maximum Gasteiger partial charge on any atom is 0.259 e. The lowest BCUT2D eigenvalue weighted by Crippen LogP contribution is -2.33. The summed E-state index contributed by atoms with van der Waals surface area (Å²) in [5.41, 5.74) is 1.18. The van der Waals surface area contributed by atoms with E-state index in [0.717, 1.165) is 0 Å². The summed E-state index contributed by atoms with van der Waals surface area (Å²) in [6.07, 6.45) is 5.26. The first-order valence-electron chi connectivity index (χ1n) is 7.73. The Morgan fingerprint density at radius 2 is 1.79 bits per heavy atom. The van der Waals surface area contributed by atoms with Crippen LogP contribution in [0.3, 0.4) is 0 Å². The third-order valence-electron chi connectivity index (χ3n) is 3.99. The van der Waals surface area contributed by atoms with Crippen LogP contribution in [0.1, 0.15) is 24.2 Å². The van der Waals surface area contributed by atoms with Crippen molar-refractivity contribution in [1.29, 1.82) is 0 Å². The molecule has 0 spiro atoms. The fourth-order valence-electron chi connectivity index (χ4n) is 2.41. The van der Waals surface area contributed by atoms with Crippen molar-refractivity contribution in [3.63, 3.8) is 0 Å². The minimum atomic E-state index is -0.315. The van der Waals surface area contributed by atoms with E-state index in [1.54, 1.807) is 35.0 Å². The van der Waals surface area contributed by atoms with Gasteiger partial charge in [0.1, 0.15) is 11.4 Å². The summed E-state index contributed by atoms with van der Waals surface area (Å²) < 4.78 is 16.7. The molecule has 3 rings (SSSR count). The number of carbonyl (C=O) groups is 1. The van der Waals surface area contributed by atoms with Gasteiger partial charge in [-0.05, 0) is 50.2 Å². The second-order valence-electron chi connectivity index (χ2n) is 5.87. The van der Waals surface area contributed by atoms with E-state index in [-0.39, 0.29) is 17.8 Å². The van der Waals surface area contributed by atoms with Crippen LogP contribution >= 0.6 is 0 Å². The van der Waals surface area contributed by atoms with Gasteiger partial charge in [0.05, 0.1) is 11.9 Å². The molecule has 0 atom stereocenters. The van der Waals surface area contributed by atoms with Crippen molar-refractivity contribution < 1.29 is 9.18 Å². The Bertz CT molecular complexity index is 835. The summed E-state index contributed by atoms with van der Waals surface area (Å²) in [6.45, 7) is 3.91. The molecule has 0 fully saturated rings. The van der Waals surface area contributed by atoms with Crippen LogP contribution < -0.4 is 0 Å². The molecule has 3 aromatic rings. The molecule has 0 aliphatic carbocycles. The molecule has 2 aromatic heterocycles. The Labute approximate surface area is 139 Å². The highest BCUT2D eigenvalue weighted by molar-refractivity contribution is 5.97. The van der Waals surface area contributed by atoms with Crippen LogP contribution in [-0.4, -0.2) is 38.2 Å². The van der Waals surface area contributed by atoms with Crippen LogP contribution in [0.4, 0.5) is 4.39 Å². The second kappa shape index (κ2) is 6.31. The van der Waals surface area contributed by atoms with Crippen LogP contribution in [0.5, 0.6) is 0 Å². The third kappa shape index (κ3) is 2.82. The Morgan fingerprint density at radius 1 is 1.17 bits per heavy atom. The highest BCUT2D eigenvalue weighted by Crippen LogP contribution is 2.21. The zero-order chi connectivity index (χ0) is 17.3. The molecule has 0 N–H and O–H groups in total. The summed E-state index contributed by atoms with van der Waals surface area (Å²) in [7, 11) is 1.77. The molecule has 0 saturated heterocycles. The standard InChI is InChI=1S/C18H19FN4O/c1-13(2)21(3)18(24)16-12-20-23(15-8-6-14(19)7-9-15)17(16)22-10-4-5-11-22/h4-13H,1-3H3. The topological polar surface area (TPSA) is 43.1 Å². The van der Waals surface area contributed by atoms with Gasteiger partial charge in [0.2, 0.25) is 0 Å². The minimum Gasteiger partial charge on any atom is -0.339 e. The number of carbonyl (C=O) groups excluding carboxylic acids is 1. The van der Waals surface area contributed by atoms with Gasteiger partial charge >= 0.3 is 0 Å². The fourth-order valence-corrected chi connectivity index (χ4v) is 2.41. The van der Waals surface area contributed by atoms with Gasteiger partial charge in [-0.1, -0.05) is 0 Å².